The summed E-state index contributed by atoms with van der Waals surface area (Å²) in [6.45, 7) is 9.44. The van der Waals surface area contributed by atoms with E-state index in [1.807, 2.05) is 43.3 Å². The van der Waals surface area contributed by atoms with E-state index in [2.05, 4.69) is 79.4 Å². The Hall–Kier alpha value is -6.01. The maximum Gasteiger partial charge on any atom is 0.326 e. The van der Waals surface area contributed by atoms with Crippen molar-refractivity contribution in [2.75, 3.05) is 31.6 Å². The van der Waals surface area contributed by atoms with Crippen LogP contribution in [0.4, 0.5) is 10.6 Å². The third-order valence-electron chi connectivity index (χ3n) is 10.9. The number of amides is 2. The Morgan fingerprint density at radius 1 is 0.967 bits per heavy atom. The van der Waals surface area contributed by atoms with Gasteiger partial charge < -0.3 is 34.7 Å². The van der Waals surface area contributed by atoms with E-state index in [-0.39, 0.29) is 37.5 Å². The van der Waals surface area contributed by atoms with Gasteiger partial charge in [0.15, 0.2) is 35.6 Å². The molecule has 2 fully saturated rings. The number of aromatic nitrogens is 8. The van der Waals surface area contributed by atoms with E-state index in [9.17, 15) is 14.4 Å². The van der Waals surface area contributed by atoms with Crippen molar-refractivity contribution in [3.05, 3.63) is 89.8 Å². The number of urea groups is 1. The third kappa shape index (κ3) is 10.4. The average Bonchev–Trinajstić information content (AvgIpc) is 4.08. The molecular formula is C42H54N12O6. The Labute approximate surface area is 348 Å². The Morgan fingerprint density at radius 2 is 1.68 bits per heavy atom. The number of anilines is 1. The van der Waals surface area contributed by atoms with E-state index in [0.717, 1.165) is 17.7 Å². The van der Waals surface area contributed by atoms with Crippen molar-refractivity contribution in [1.29, 1.82) is 0 Å². The van der Waals surface area contributed by atoms with E-state index < -0.39 is 30.3 Å². The molecule has 3 atom stereocenters. The monoisotopic (exact) mass is 822 g/mol. The van der Waals surface area contributed by atoms with Crippen molar-refractivity contribution in [3.8, 4) is 0 Å². The maximum absolute atomic E-state index is 13.6. The highest BCUT2D eigenvalue weighted by molar-refractivity contribution is 5.84. The lowest BCUT2D eigenvalue weighted by atomic mass is 9.91. The molecule has 2 aromatic carbocycles. The van der Waals surface area contributed by atoms with Crippen molar-refractivity contribution < 1.29 is 28.6 Å². The summed E-state index contributed by atoms with van der Waals surface area (Å²) in [4.78, 5) is 56.8. The van der Waals surface area contributed by atoms with E-state index in [4.69, 9.17) is 24.2 Å². The van der Waals surface area contributed by atoms with Crippen molar-refractivity contribution in [3.63, 3.8) is 0 Å². The predicted octanol–water partition coefficient (Wildman–Crippen LogP) is 4.14. The van der Waals surface area contributed by atoms with Gasteiger partial charge in [-0.15, -0.1) is 10.2 Å². The van der Waals surface area contributed by atoms with Gasteiger partial charge in [0.1, 0.15) is 12.1 Å². The summed E-state index contributed by atoms with van der Waals surface area (Å²) < 4.78 is 18.8. The molecule has 4 heterocycles. The number of esters is 2. The zero-order valence-corrected chi connectivity index (χ0v) is 34.6. The molecule has 0 bridgehead atoms. The number of aryl methyl sites for hydroxylation is 1. The van der Waals surface area contributed by atoms with Gasteiger partial charge in [-0.1, -0.05) is 73.5 Å². The topological polar surface area (TPSA) is 205 Å². The molecule has 5 aromatic rings. The number of fused-ring (bicyclic) bond motifs is 1. The van der Waals surface area contributed by atoms with E-state index >= 15 is 0 Å². The highest BCUT2D eigenvalue weighted by Gasteiger charge is 2.45. The number of nitrogens with one attached hydrogen (secondary N) is 3. The summed E-state index contributed by atoms with van der Waals surface area (Å²) in [6, 6.07) is 21.0. The molecule has 18 heteroatoms. The SMILES string of the molecule is CCn1nnc([C@H]2OC[C@@H](OC(=O)Cn3cnc4c(NCC(c5ccccc5)c5ccccc5)nc(CNC(=O)NCCN(C(C)C)C5CCCC5)nc43)[C@@H]2OC(C)=O)n1. The number of hydrogen-bond donors (Lipinski definition) is 3. The van der Waals surface area contributed by atoms with Crippen molar-refractivity contribution in [2.24, 2.45) is 0 Å². The number of nitrogens with zero attached hydrogens (tertiary/aromatic N) is 9. The number of imidazole rings is 1. The number of tetrazole rings is 1. The van der Waals surface area contributed by atoms with Gasteiger partial charge in [-0.25, -0.2) is 19.7 Å². The summed E-state index contributed by atoms with van der Waals surface area (Å²) in [5.74, 6) is -0.261. The smallest absolute Gasteiger partial charge is 0.326 e. The van der Waals surface area contributed by atoms with Crippen LogP contribution in [0, 0.1) is 0 Å². The first-order valence-electron chi connectivity index (χ1n) is 20.8. The van der Waals surface area contributed by atoms with Crippen LogP contribution in [-0.4, -0.2) is 113 Å². The predicted molar refractivity (Wildman–Crippen MR) is 220 cm³/mol. The number of carbonyl (C=O) groups is 3. The van der Waals surface area contributed by atoms with E-state index in [1.165, 1.54) is 43.7 Å². The third-order valence-corrected chi connectivity index (χ3v) is 10.9. The number of carbonyl (C=O) groups excluding carboxylic acids is 3. The number of ether oxygens (including phenoxy) is 3. The second kappa shape index (κ2) is 19.8. The minimum Gasteiger partial charge on any atom is -0.455 e. The first-order valence-corrected chi connectivity index (χ1v) is 20.8. The van der Waals surface area contributed by atoms with Crippen LogP contribution in [0.15, 0.2) is 67.0 Å². The van der Waals surface area contributed by atoms with Gasteiger partial charge in [-0.3, -0.25) is 14.5 Å². The zero-order valence-electron chi connectivity index (χ0n) is 34.6. The molecule has 318 valence electrons. The molecule has 0 spiro atoms. The molecule has 3 N–H and O–H groups in total. The largest absolute Gasteiger partial charge is 0.455 e. The first-order chi connectivity index (χ1) is 29.2. The van der Waals surface area contributed by atoms with Crippen LogP contribution in [-0.2, 0) is 43.4 Å². The van der Waals surface area contributed by atoms with Crippen LogP contribution in [0.5, 0.6) is 0 Å². The number of rotatable bonds is 18. The Balaban J connectivity index is 1.09. The number of hydrogen-bond acceptors (Lipinski definition) is 14. The molecule has 2 aliphatic rings. The van der Waals surface area contributed by atoms with Gasteiger partial charge >= 0.3 is 18.0 Å². The summed E-state index contributed by atoms with van der Waals surface area (Å²) in [5, 5.41) is 21.7. The van der Waals surface area contributed by atoms with Crippen LogP contribution in [0.3, 0.4) is 0 Å². The van der Waals surface area contributed by atoms with Crippen LogP contribution in [0.2, 0.25) is 0 Å². The van der Waals surface area contributed by atoms with Gasteiger partial charge in [0.2, 0.25) is 5.82 Å². The first kappa shape index (κ1) is 42.1. The Morgan fingerprint density at radius 3 is 2.33 bits per heavy atom. The fraction of sp³-hybridized carbons (Fsp3) is 0.500. The molecule has 1 saturated carbocycles. The van der Waals surface area contributed by atoms with E-state index in [1.54, 1.807) is 4.57 Å². The zero-order chi connectivity index (χ0) is 42.0. The van der Waals surface area contributed by atoms with Crippen LogP contribution >= 0.6 is 0 Å². The average molecular weight is 823 g/mol. The Bertz CT molecular complexity index is 2150. The van der Waals surface area contributed by atoms with Crippen LogP contribution in [0.25, 0.3) is 11.2 Å². The van der Waals surface area contributed by atoms with Crippen LogP contribution < -0.4 is 16.0 Å². The van der Waals surface area contributed by atoms with Gasteiger partial charge in [0, 0.05) is 44.6 Å². The molecule has 60 heavy (non-hydrogen) atoms. The lowest BCUT2D eigenvalue weighted by Gasteiger charge is -2.32. The standard InChI is InChI=1S/C42H54N12O6/c1-5-54-50-40(49-51-54)38-37(59-28(4)55)33(25-58-38)60-35(56)24-52-26-46-36-39(44-22-32(29-14-8-6-9-15-29)30-16-10-7-11-17-30)47-34(48-41(36)52)23-45-42(57)43-20-21-53(27(2)3)31-18-12-13-19-31/h6-11,14-17,26-27,31-33,37-38H,5,12-13,18-25H2,1-4H3,(H2,43,45,57)(H,44,47,48)/t33-,37+,38+/m1/s1. The summed E-state index contributed by atoms with van der Waals surface area (Å²) in [7, 11) is 0. The van der Waals surface area contributed by atoms with E-state index in [0.29, 0.717) is 54.5 Å². The molecule has 3 aromatic heterocycles. The normalized spacial score (nSPS) is 18.1. The molecular weight excluding hydrogens is 769 g/mol. The molecule has 18 nitrogen and oxygen atoms in total. The maximum atomic E-state index is 13.6. The summed E-state index contributed by atoms with van der Waals surface area (Å²) in [5.41, 5.74) is 3.03. The van der Waals surface area contributed by atoms with Crippen molar-refractivity contribution in [2.45, 2.75) is 109 Å². The summed E-state index contributed by atoms with van der Waals surface area (Å²) >= 11 is 0. The molecule has 0 radical (unpaired) electrons. The molecule has 2 amide bonds. The fourth-order valence-corrected chi connectivity index (χ4v) is 8.01. The molecule has 1 saturated heterocycles. The van der Waals surface area contributed by atoms with Gasteiger partial charge in [0.05, 0.1) is 26.0 Å². The molecule has 7 rings (SSSR count). The molecule has 1 aliphatic heterocycles. The van der Waals surface area contributed by atoms with Crippen LogP contribution in [0.1, 0.15) is 88.2 Å². The van der Waals surface area contributed by atoms with Gasteiger partial charge in [-0.2, -0.15) is 4.80 Å². The van der Waals surface area contributed by atoms with Crippen molar-refractivity contribution >= 4 is 35.0 Å². The highest BCUT2D eigenvalue weighted by atomic mass is 16.6. The van der Waals surface area contributed by atoms with Gasteiger partial charge in [-0.05, 0) is 50.0 Å². The fourth-order valence-electron chi connectivity index (χ4n) is 8.01. The second-order valence-corrected chi connectivity index (χ2v) is 15.4. The molecule has 0 unspecified atom stereocenters. The lowest BCUT2D eigenvalue weighted by molar-refractivity contribution is -0.164. The summed E-state index contributed by atoms with van der Waals surface area (Å²) in [6.07, 6.45) is 3.59. The minimum absolute atomic E-state index is 0.0188. The minimum atomic E-state index is -0.985. The van der Waals surface area contributed by atoms with Gasteiger partial charge in [0.25, 0.3) is 0 Å². The Kier molecular flexibility index (Phi) is 13.9. The van der Waals surface area contributed by atoms with Crippen molar-refractivity contribution in [1.82, 2.24) is 55.3 Å². The second-order valence-electron chi connectivity index (χ2n) is 15.4. The highest BCUT2D eigenvalue weighted by Crippen LogP contribution is 2.32. The number of benzene rings is 2. The lowest BCUT2D eigenvalue weighted by Crippen LogP contribution is -2.45. The molecule has 1 aliphatic carbocycles. The quantitative estimate of drug-likeness (QED) is 0.106.